The van der Waals surface area contributed by atoms with Crippen molar-refractivity contribution in [3.63, 3.8) is 0 Å². The minimum absolute atomic E-state index is 0.979. The monoisotopic (exact) mass is 649 g/mol. The summed E-state index contributed by atoms with van der Waals surface area (Å²) < 4.78 is 0. The van der Waals surface area contributed by atoms with Crippen LogP contribution in [0.5, 0.6) is 0 Å². The molecule has 2 aliphatic carbocycles. The summed E-state index contributed by atoms with van der Waals surface area (Å²) in [5.74, 6) is 0. The van der Waals surface area contributed by atoms with Gasteiger partial charge in [0.25, 0.3) is 0 Å². The molecule has 0 fully saturated rings. The van der Waals surface area contributed by atoms with Gasteiger partial charge in [0, 0.05) is 17.1 Å². The van der Waals surface area contributed by atoms with Gasteiger partial charge in [-0.25, -0.2) is 0 Å². The van der Waals surface area contributed by atoms with E-state index in [1.807, 2.05) is 0 Å². The first kappa shape index (κ1) is 29.5. The summed E-state index contributed by atoms with van der Waals surface area (Å²) in [6.07, 6.45) is 1.96. The molecule has 0 spiro atoms. The third kappa shape index (κ3) is 5.09. The molecular formula is C50H35N. The first-order valence-corrected chi connectivity index (χ1v) is 17.9. The van der Waals surface area contributed by atoms with Gasteiger partial charge in [-0.1, -0.05) is 152 Å². The molecule has 0 saturated heterocycles. The predicted molar refractivity (Wildman–Crippen MR) is 214 cm³/mol. The highest BCUT2D eigenvalue weighted by atomic mass is 15.1. The van der Waals surface area contributed by atoms with Crippen LogP contribution in [-0.2, 0) is 12.8 Å². The highest BCUT2D eigenvalue weighted by Crippen LogP contribution is 2.44. The topological polar surface area (TPSA) is 3.24 Å². The van der Waals surface area contributed by atoms with Crippen molar-refractivity contribution in [2.45, 2.75) is 12.8 Å². The van der Waals surface area contributed by atoms with Crippen molar-refractivity contribution in [3.8, 4) is 55.6 Å². The standard InChI is InChI=1S/C50H35N/c1-2-10-34(11-3-1)35-20-26-40(27-21-35)51(41-28-22-36(23-29-41)43-16-8-18-47-45-14-6-4-12-38(45)32-49(43)47)42-30-24-37(25-31-42)44-17-9-19-48-46-15-7-5-13-39(46)33-50(44)48/h1-31H,32-33H2. The number of anilines is 3. The zero-order valence-electron chi connectivity index (χ0n) is 28.3. The molecule has 8 aromatic carbocycles. The lowest BCUT2D eigenvalue weighted by Crippen LogP contribution is -2.09. The van der Waals surface area contributed by atoms with Crippen molar-refractivity contribution < 1.29 is 0 Å². The highest BCUT2D eigenvalue weighted by Gasteiger charge is 2.23. The molecule has 0 radical (unpaired) electrons. The Morgan fingerprint density at radius 1 is 0.255 bits per heavy atom. The van der Waals surface area contributed by atoms with Crippen LogP contribution in [0.1, 0.15) is 22.3 Å². The molecule has 0 unspecified atom stereocenters. The van der Waals surface area contributed by atoms with E-state index in [-0.39, 0.29) is 0 Å². The van der Waals surface area contributed by atoms with Crippen molar-refractivity contribution in [3.05, 3.63) is 210 Å². The molecule has 0 aliphatic heterocycles. The average Bonchev–Trinajstić information content (AvgIpc) is 3.78. The third-order valence-corrected chi connectivity index (χ3v) is 10.8. The van der Waals surface area contributed by atoms with Crippen LogP contribution in [0.4, 0.5) is 17.1 Å². The summed E-state index contributed by atoms with van der Waals surface area (Å²) >= 11 is 0. The Morgan fingerprint density at radius 2 is 0.608 bits per heavy atom. The first-order chi connectivity index (χ1) is 25.3. The molecule has 8 aromatic rings. The second-order valence-corrected chi connectivity index (χ2v) is 13.7. The molecular weight excluding hydrogens is 615 g/mol. The van der Waals surface area contributed by atoms with Crippen LogP contribution >= 0.6 is 0 Å². The molecule has 10 rings (SSSR count). The van der Waals surface area contributed by atoms with Gasteiger partial charge in [0.15, 0.2) is 0 Å². The molecule has 2 aliphatic rings. The van der Waals surface area contributed by atoms with Gasteiger partial charge >= 0.3 is 0 Å². The van der Waals surface area contributed by atoms with Gasteiger partial charge in [-0.3, -0.25) is 0 Å². The van der Waals surface area contributed by atoms with E-state index in [0.717, 1.165) is 29.9 Å². The van der Waals surface area contributed by atoms with Crippen LogP contribution in [0.3, 0.4) is 0 Å². The van der Waals surface area contributed by atoms with Crippen LogP contribution < -0.4 is 4.90 Å². The van der Waals surface area contributed by atoms with E-state index in [9.17, 15) is 0 Å². The summed E-state index contributed by atoms with van der Waals surface area (Å²) in [4.78, 5) is 2.37. The molecule has 0 aromatic heterocycles. The summed E-state index contributed by atoms with van der Waals surface area (Å²) in [5, 5.41) is 0. The van der Waals surface area contributed by atoms with Crippen LogP contribution in [0.2, 0.25) is 0 Å². The summed E-state index contributed by atoms with van der Waals surface area (Å²) in [5.41, 5.74) is 22.1. The van der Waals surface area contributed by atoms with Crippen LogP contribution in [0, 0.1) is 0 Å². The Hall–Kier alpha value is -6.44. The molecule has 240 valence electrons. The van der Waals surface area contributed by atoms with Crippen molar-refractivity contribution in [2.75, 3.05) is 4.90 Å². The van der Waals surface area contributed by atoms with Crippen molar-refractivity contribution >= 4 is 17.1 Å². The third-order valence-electron chi connectivity index (χ3n) is 10.8. The van der Waals surface area contributed by atoms with Crippen molar-refractivity contribution in [2.24, 2.45) is 0 Å². The van der Waals surface area contributed by atoms with Crippen molar-refractivity contribution in [1.29, 1.82) is 0 Å². The lowest BCUT2D eigenvalue weighted by Gasteiger charge is -2.26. The Bertz CT molecular complexity index is 2400. The molecule has 0 saturated carbocycles. The average molecular weight is 650 g/mol. The number of nitrogens with zero attached hydrogens (tertiary/aromatic N) is 1. The Balaban J connectivity index is 1.02. The SMILES string of the molecule is c1ccc(-c2ccc(N(c3ccc(-c4cccc5c4Cc4ccccc4-5)cc3)c3ccc(-c4cccc5c4Cc4ccccc4-5)cc3)cc2)cc1. The van der Waals surface area contributed by atoms with Gasteiger partial charge < -0.3 is 4.90 Å². The number of rotatable bonds is 6. The van der Waals surface area contributed by atoms with E-state index in [4.69, 9.17) is 0 Å². The predicted octanol–water partition coefficient (Wildman–Crippen LogP) is 13.3. The van der Waals surface area contributed by atoms with E-state index >= 15 is 0 Å². The van der Waals surface area contributed by atoms with Gasteiger partial charge in [-0.15, -0.1) is 0 Å². The van der Waals surface area contributed by atoms with E-state index in [1.165, 1.54) is 77.9 Å². The fourth-order valence-corrected chi connectivity index (χ4v) is 8.32. The van der Waals surface area contributed by atoms with Gasteiger partial charge in [0.2, 0.25) is 0 Å². The summed E-state index contributed by atoms with van der Waals surface area (Å²) in [7, 11) is 0. The maximum atomic E-state index is 2.37. The van der Waals surface area contributed by atoms with E-state index < -0.39 is 0 Å². The molecule has 0 N–H and O–H groups in total. The maximum Gasteiger partial charge on any atom is 0.0462 e. The Morgan fingerprint density at radius 3 is 1.08 bits per heavy atom. The Labute approximate surface area is 299 Å². The smallest absolute Gasteiger partial charge is 0.0462 e. The largest absolute Gasteiger partial charge is 0.311 e. The fraction of sp³-hybridized carbons (Fsp3) is 0.0400. The van der Waals surface area contributed by atoms with Crippen LogP contribution in [-0.4, -0.2) is 0 Å². The van der Waals surface area contributed by atoms with Gasteiger partial charge in [-0.05, 0) is 127 Å². The molecule has 51 heavy (non-hydrogen) atoms. The number of benzene rings is 8. The van der Waals surface area contributed by atoms with Crippen LogP contribution in [0.15, 0.2) is 188 Å². The van der Waals surface area contributed by atoms with Crippen LogP contribution in [0.25, 0.3) is 55.6 Å². The molecule has 1 nitrogen and oxygen atoms in total. The summed E-state index contributed by atoms with van der Waals surface area (Å²) in [6.45, 7) is 0. The highest BCUT2D eigenvalue weighted by molar-refractivity contribution is 5.88. The lowest BCUT2D eigenvalue weighted by atomic mass is 9.95. The fourth-order valence-electron chi connectivity index (χ4n) is 8.32. The first-order valence-electron chi connectivity index (χ1n) is 17.9. The number of hydrogen-bond donors (Lipinski definition) is 0. The number of fused-ring (bicyclic) bond motifs is 6. The molecule has 0 bridgehead atoms. The second kappa shape index (κ2) is 12.2. The van der Waals surface area contributed by atoms with E-state index in [2.05, 4.69) is 193 Å². The minimum atomic E-state index is 0.979. The van der Waals surface area contributed by atoms with Crippen molar-refractivity contribution in [1.82, 2.24) is 0 Å². The minimum Gasteiger partial charge on any atom is -0.311 e. The van der Waals surface area contributed by atoms with E-state index in [1.54, 1.807) is 0 Å². The quantitative estimate of drug-likeness (QED) is 0.173. The van der Waals surface area contributed by atoms with Gasteiger partial charge in [0.1, 0.15) is 0 Å². The van der Waals surface area contributed by atoms with E-state index in [0.29, 0.717) is 0 Å². The van der Waals surface area contributed by atoms with Gasteiger partial charge in [0.05, 0.1) is 0 Å². The Kier molecular flexibility index (Phi) is 7.03. The maximum absolute atomic E-state index is 2.37. The zero-order valence-corrected chi connectivity index (χ0v) is 28.3. The number of hydrogen-bond acceptors (Lipinski definition) is 1. The lowest BCUT2D eigenvalue weighted by molar-refractivity contribution is 1.26. The molecule has 1 heteroatoms. The normalized spacial score (nSPS) is 12.2. The molecule has 0 heterocycles. The zero-order chi connectivity index (χ0) is 33.7. The molecule has 0 amide bonds. The molecule has 0 atom stereocenters. The second-order valence-electron chi connectivity index (χ2n) is 13.7. The summed E-state index contributed by atoms with van der Waals surface area (Å²) in [6, 6.07) is 68.9. The van der Waals surface area contributed by atoms with Gasteiger partial charge in [-0.2, -0.15) is 0 Å².